The first-order valence-electron chi connectivity index (χ1n) is 8.47. The van der Waals surface area contributed by atoms with E-state index in [4.69, 9.17) is 10.5 Å². The molecule has 1 aliphatic carbocycles. The summed E-state index contributed by atoms with van der Waals surface area (Å²) in [5.74, 6) is 0.166. The summed E-state index contributed by atoms with van der Waals surface area (Å²) in [6.07, 6.45) is 6.74. The Morgan fingerprint density at radius 3 is 2.75 bits per heavy atom. The molecular formula is C20H16N4O3S. The number of hydrogen-bond donors (Lipinski definition) is 1. The fourth-order valence-corrected chi connectivity index (χ4v) is 3.77. The lowest BCUT2D eigenvalue weighted by Crippen LogP contribution is -2.17. The number of fused-ring (bicyclic) bond motifs is 1. The number of nitrogens with two attached hydrogens (primary N) is 1. The lowest BCUT2D eigenvalue weighted by Gasteiger charge is -2.08. The SMILES string of the molecule is COC1=C/C(=C\c2c(N)n3nc(Cc4ccccc4)sc3nc2=O)C=CC1=O. The standard InChI is InChI=1S/C20H16N4O3S/c1-27-16-10-13(7-8-15(16)25)9-14-18(21)24-20(22-19(14)26)28-17(23-24)11-12-5-3-2-4-6-12/h2-10H,11,21H2,1H3/b13-9-. The molecule has 140 valence electrons. The molecule has 0 amide bonds. The Kier molecular flexibility index (Phi) is 4.62. The zero-order valence-electron chi connectivity index (χ0n) is 15.0. The van der Waals surface area contributed by atoms with E-state index in [9.17, 15) is 9.59 Å². The lowest BCUT2D eigenvalue weighted by molar-refractivity contribution is -0.114. The molecule has 7 nitrogen and oxygen atoms in total. The second-order valence-corrected chi connectivity index (χ2v) is 7.16. The van der Waals surface area contributed by atoms with Crippen molar-refractivity contribution in [2.24, 2.45) is 0 Å². The largest absolute Gasteiger partial charge is 0.493 e. The average Bonchev–Trinajstić information content (AvgIpc) is 3.09. The molecule has 0 radical (unpaired) electrons. The number of benzene rings is 1. The highest BCUT2D eigenvalue weighted by molar-refractivity contribution is 7.16. The van der Waals surface area contributed by atoms with Gasteiger partial charge in [0, 0.05) is 6.42 Å². The summed E-state index contributed by atoms with van der Waals surface area (Å²) in [6.45, 7) is 0. The van der Waals surface area contributed by atoms with Crippen LogP contribution in [0.25, 0.3) is 11.0 Å². The number of carbonyl (C=O) groups excluding carboxylic acids is 1. The highest BCUT2D eigenvalue weighted by Crippen LogP contribution is 2.22. The summed E-state index contributed by atoms with van der Waals surface area (Å²) in [7, 11) is 1.42. The van der Waals surface area contributed by atoms with Crippen LogP contribution in [0, 0.1) is 0 Å². The summed E-state index contributed by atoms with van der Waals surface area (Å²) >= 11 is 1.33. The van der Waals surface area contributed by atoms with Gasteiger partial charge in [-0.25, -0.2) is 0 Å². The summed E-state index contributed by atoms with van der Waals surface area (Å²) in [5.41, 5.74) is 7.71. The number of anilines is 1. The van der Waals surface area contributed by atoms with Gasteiger partial charge in [-0.15, -0.1) is 0 Å². The van der Waals surface area contributed by atoms with Crippen LogP contribution in [0.3, 0.4) is 0 Å². The van der Waals surface area contributed by atoms with Crippen LogP contribution >= 0.6 is 11.3 Å². The number of carbonyl (C=O) groups is 1. The normalized spacial score (nSPS) is 15.2. The second kappa shape index (κ2) is 7.24. The maximum absolute atomic E-state index is 12.5. The lowest BCUT2D eigenvalue weighted by atomic mass is 10.0. The van der Waals surface area contributed by atoms with Gasteiger partial charge in [0.2, 0.25) is 10.7 Å². The number of methoxy groups -OCH3 is 1. The van der Waals surface area contributed by atoms with Gasteiger partial charge in [-0.2, -0.15) is 14.6 Å². The Morgan fingerprint density at radius 1 is 1.21 bits per heavy atom. The second-order valence-electron chi connectivity index (χ2n) is 6.12. The molecule has 0 saturated heterocycles. The first-order chi connectivity index (χ1) is 13.5. The van der Waals surface area contributed by atoms with Crippen LogP contribution in [0.1, 0.15) is 16.1 Å². The molecule has 8 heteroatoms. The van der Waals surface area contributed by atoms with Gasteiger partial charge in [0.25, 0.3) is 5.56 Å². The third-order valence-electron chi connectivity index (χ3n) is 4.23. The molecule has 0 unspecified atom stereocenters. The van der Waals surface area contributed by atoms with E-state index in [1.165, 1.54) is 29.0 Å². The zero-order chi connectivity index (χ0) is 19.7. The van der Waals surface area contributed by atoms with E-state index in [1.807, 2.05) is 30.3 Å². The van der Waals surface area contributed by atoms with Crippen LogP contribution in [0.5, 0.6) is 0 Å². The van der Waals surface area contributed by atoms with Crippen molar-refractivity contribution in [2.45, 2.75) is 6.42 Å². The minimum atomic E-state index is -0.447. The summed E-state index contributed by atoms with van der Waals surface area (Å²) in [4.78, 5) is 28.7. The number of allylic oxidation sites excluding steroid dienone is 4. The monoisotopic (exact) mass is 392 g/mol. The minimum Gasteiger partial charge on any atom is -0.493 e. The van der Waals surface area contributed by atoms with Crippen molar-refractivity contribution in [3.8, 4) is 0 Å². The molecule has 0 saturated carbocycles. The Hall–Kier alpha value is -3.52. The molecule has 0 aliphatic heterocycles. The van der Waals surface area contributed by atoms with Gasteiger partial charge in [0.1, 0.15) is 10.8 Å². The van der Waals surface area contributed by atoms with Gasteiger partial charge in [0.05, 0.1) is 12.7 Å². The Labute approximate surface area is 164 Å². The summed E-state index contributed by atoms with van der Waals surface area (Å²) < 4.78 is 6.52. The number of rotatable bonds is 4. The fraction of sp³-hybridized carbons (Fsp3) is 0.100. The van der Waals surface area contributed by atoms with Crippen molar-refractivity contribution >= 4 is 34.0 Å². The van der Waals surface area contributed by atoms with Crippen LogP contribution in [0.2, 0.25) is 0 Å². The fourth-order valence-electron chi connectivity index (χ4n) is 2.84. The highest BCUT2D eigenvalue weighted by atomic mass is 32.1. The van der Waals surface area contributed by atoms with Crippen LogP contribution in [0.15, 0.2) is 64.7 Å². The molecule has 4 rings (SSSR count). The van der Waals surface area contributed by atoms with E-state index in [1.54, 1.807) is 18.2 Å². The Balaban J connectivity index is 1.75. The van der Waals surface area contributed by atoms with E-state index in [2.05, 4.69) is 10.1 Å². The molecule has 2 N–H and O–H groups in total. The number of ether oxygens (including phenoxy) is 1. The average molecular weight is 392 g/mol. The van der Waals surface area contributed by atoms with Gasteiger partial charge in [-0.1, -0.05) is 47.7 Å². The molecule has 0 atom stereocenters. The molecule has 3 aromatic rings. The molecular weight excluding hydrogens is 376 g/mol. The van der Waals surface area contributed by atoms with E-state index in [0.29, 0.717) is 17.0 Å². The van der Waals surface area contributed by atoms with Crippen LogP contribution < -0.4 is 11.3 Å². The predicted molar refractivity (Wildman–Crippen MR) is 108 cm³/mol. The molecule has 2 heterocycles. The maximum Gasteiger partial charge on any atom is 0.283 e. The van der Waals surface area contributed by atoms with Gasteiger partial charge in [0.15, 0.2) is 5.76 Å². The highest BCUT2D eigenvalue weighted by Gasteiger charge is 2.16. The number of ketones is 1. The van der Waals surface area contributed by atoms with Gasteiger partial charge >= 0.3 is 0 Å². The first-order valence-corrected chi connectivity index (χ1v) is 9.29. The Morgan fingerprint density at radius 2 is 2.00 bits per heavy atom. The predicted octanol–water partition coefficient (Wildman–Crippen LogP) is 2.38. The van der Waals surface area contributed by atoms with Gasteiger partial charge < -0.3 is 10.5 Å². The number of hydrogen-bond acceptors (Lipinski definition) is 7. The quantitative estimate of drug-likeness (QED) is 0.732. The Bertz CT molecular complexity index is 1220. The van der Waals surface area contributed by atoms with E-state index in [-0.39, 0.29) is 22.9 Å². The minimum absolute atomic E-state index is 0.195. The summed E-state index contributed by atoms with van der Waals surface area (Å²) in [6, 6.07) is 9.91. The third kappa shape index (κ3) is 3.37. The van der Waals surface area contributed by atoms with Crippen LogP contribution in [0.4, 0.5) is 5.82 Å². The van der Waals surface area contributed by atoms with Gasteiger partial charge in [-0.3, -0.25) is 9.59 Å². The van der Waals surface area contributed by atoms with Crippen molar-refractivity contribution < 1.29 is 9.53 Å². The van der Waals surface area contributed by atoms with Crippen molar-refractivity contribution in [1.29, 1.82) is 0 Å². The van der Waals surface area contributed by atoms with Crippen molar-refractivity contribution in [3.63, 3.8) is 0 Å². The number of aromatic nitrogens is 3. The number of nitrogen functional groups attached to an aromatic ring is 1. The molecule has 0 bridgehead atoms. The molecule has 2 aromatic heterocycles. The molecule has 1 aliphatic rings. The molecule has 28 heavy (non-hydrogen) atoms. The van der Waals surface area contributed by atoms with E-state index in [0.717, 1.165) is 10.6 Å². The van der Waals surface area contributed by atoms with E-state index >= 15 is 0 Å². The van der Waals surface area contributed by atoms with Crippen LogP contribution in [-0.2, 0) is 16.0 Å². The maximum atomic E-state index is 12.5. The first kappa shape index (κ1) is 17.9. The topological polar surface area (TPSA) is 99.6 Å². The van der Waals surface area contributed by atoms with E-state index < -0.39 is 5.56 Å². The van der Waals surface area contributed by atoms with Crippen molar-refractivity contribution in [3.05, 3.63) is 86.4 Å². The number of nitrogens with zero attached hydrogens (tertiary/aromatic N) is 3. The molecule has 0 spiro atoms. The van der Waals surface area contributed by atoms with Crippen molar-refractivity contribution in [2.75, 3.05) is 12.8 Å². The zero-order valence-corrected chi connectivity index (χ0v) is 15.8. The third-order valence-corrected chi connectivity index (χ3v) is 5.14. The molecule has 0 fully saturated rings. The van der Waals surface area contributed by atoms with Crippen LogP contribution in [-0.4, -0.2) is 27.5 Å². The van der Waals surface area contributed by atoms with Gasteiger partial charge in [-0.05, 0) is 29.4 Å². The smallest absolute Gasteiger partial charge is 0.283 e. The molecule has 1 aromatic carbocycles. The summed E-state index contributed by atoms with van der Waals surface area (Å²) in [5, 5.41) is 5.32. The van der Waals surface area contributed by atoms with Crippen molar-refractivity contribution in [1.82, 2.24) is 14.6 Å².